The van der Waals surface area contributed by atoms with Gasteiger partial charge >= 0.3 is 5.97 Å². The summed E-state index contributed by atoms with van der Waals surface area (Å²) in [4.78, 5) is 11.2. The number of carbonyl (C=O) groups is 1. The van der Waals surface area contributed by atoms with E-state index in [4.69, 9.17) is 10.8 Å². The number of fused-ring (bicyclic) bond motifs is 1. The summed E-state index contributed by atoms with van der Waals surface area (Å²) in [5, 5.41) is 19.7. The fraction of sp³-hybridized carbons (Fsp3) is 0.357. The molecule has 102 valence electrons. The second-order valence-corrected chi connectivity index (χ2v) is 4.95. The first kappa shape index (κ1) is 13.4. The maximum absolute atomic E-state index is 11.2. The van der Waals surface area contributed by atoms with Crippen molar-refractivity contribution in [3.63, 3.8) is 0 Å². The summed E-state index contributed by atoms with van der Waals surface area (Å²) >= 11 is 0. The lowest BCUT2D eigenvalue weighted by Gasteiger charge is -2.13. The van der Waals surface area contributed by atoms with Crippen LogP contribution in [0.3, 0.4) is 0 Å². The van der Waals surface area contributed by atoms with E-state index >= 15 is 0 Å². The van der Waals surface area contributed by atoms with E-state index in [9.17, 15) is 9.90 Å². The standard InChI is InChI=1S/C14H18N2O3/c1-7(2)16-8(3)11(13(15)14(18)19)12-9(16)5-4-6-10(12)17/h4-7,13,17H,15H2,1-3H3,(H,18,19). The van der Waals surface area contributed by atoms with Gasteiger partial charge in [0.05, 0.1) is 5.52 Å². The van der Waals surface area contributed by atoms with E-state index in [-0.39, 0.29) is 11.8 Å². The van der Waals surface area contributed by atoms with Crippen molar-refractivity contribution >= 4 is 16.9 Å². The summed E-state index contributed by atoms with van der Waals surface area (Å²) in [5.74, 6) is -1.04. The molecule has 0 aliphatic heterocycles. The summed E-state index contributed by atoms with van der Waals surface area (Å²) < 4.78 is 1.99. The SMILES string of the molecule is Cc1c(C(N)C(=O)O)c2c(O)cccc2n1C(C)C. The second-order valence-electron chi connectivity index (χ2n) is 4.95. The molecule has 0 aliphatic carbocycles. The number of phenolic OH excluding ortho intramolecular Hbond substituents is 1. The first-order valence-electron chi connectivity index (χ1n) is 6.17. The zero-order valence-corrected chi connectivity index (χ0v) is 11.2. The smallest absolute Gasteiger partial charge is 0.325 e. The topological polar surface area (TPSA) is 88.5 Å². The number of aromatic nitrogens is 1. The summed E-state index contributed by atoms with van der Waals surface area (Å²) in [6, 6.07) is 4.16. The molecule has 1 atom stereocenters. The number of carboxylic acid groups (broad SMARTS) is 1. The van der Waals surface area contributed by atoms with Gasteiger partial charge in [0.1, 0.15) is 11.8 Å². The van der Waals surface area contributed by atoms with Crippen molar-refractivity contribution in [2.45, 2.75) is 32.9 Å². The van der Waals surface area contributed by atoms with E-state index in [2.05, 4.69) is 0 Å². The van der Waals surface area contributed by atoms with E-state index in [1.54, 1.807) is 12.1 Å². The molecule has 0 bridgehead atoms. The van der Waals surface area contributed by atoms with Gasteiger partial charge in [-0.15, -0.1) is 0 Å². The molecule has 1 unspecified atom stereocenters. The van der Waals surface area contributed by atoms with Crippen molar-refractivity contribution in [1.82, 2.24) is 4.57 Å². The number of aromatic hydroxyl groups is 1. The van der Waals surface area contributed by atoms with Crippen LogP contribution in [0.5, 0.6) is 5.75 Å². The van der Waals surface area contributed by atoms with Crippen LogP contribution in [0.25, 0.3) is 10.9 Å². The van der Waals surface area contributed by atoms with E-state index in [1.165, 1.54) is 0 Å². The van der Waals surface area contributed by atoms with Crippen molar-refractivity contribution in [3.05, 3.63) is 29.5 Å². The van der Waals surface area contributed by atoms with Gasteiger partial charge in [-0.25, -0.2) is 0 Å². The third kappa shape index (κ3) is 1.96. The van der Waals surface area contributed by atoms with Gasteiger partial charge < -0.3 is 20.5 Å². The van der Waals surface area contributed by atoms with Crippen LogP contribution >= 0.6 is 0 Å². The summed E-state index contributed by atoms with van der Waals surface area (Å²) in [6.45, 7) is 5.84. The molecule has 5 nitrogen and oxygen atoms in total. The molecule has 5 heteroatoms. The fourth-order valence-electron chi connectivity index (χ4n) is 2.67. The second kappa shape index (κ2) is 4.59. The Labute approximate surface area is 111 Å². The van der Waals surface area contributed by atoms with Gasteiger partial charge in [-0.3, -0.25) is 4.79 Å². The lowest BCUT2D eigenvalue weighted by Crippen LogP contribution is -2.21. The molecule has 0 fully saturated rings. The molecule has 2 rings (SSSR count). The average molecular weight is 262 g/mol. The molecule has 0 amide bonds. The minimum absolute atomic E-state index is 0.0618. The molecule has 1 heterocycles. The van der Waals surface area contributed by atoms with Crippen molar-refractivity contribution < 1.29 is 15.0 Å². The molecule has 1 aromatic carbocycles. The van der Waals surface area contributed by atoms with Crippen LogP contribution in [0.1, 0.15) is 37.2 Å². The number of nitrogens with zero attached hydrogens (tertiary/aromatic N) is 1. The minimum atomic E-state index is -1.14. The van der Waals surface area contributed by atoms with Crippen LogP contribution < -0.4 is 5.73 Å². The largest absolute Gasteiger partial charge is 0.507 e. The summed E-state index contributed by atoms with van der Waals surface area (Å²) in [5.41, 5.74) is 7.83. The van der Waals surface area contributed by atoms with Gasteiger partial charge in [-0.05, 0) is 32.9 Å². The Morgan fingerprint density at radius 3 is 2.53 bits per heavy atom. The van der Waals surface area contributed by atoms with Crippen molar-refractivity contribution in [3.8, 4) is 5.75 Å². The van der Waals surface area contributed by atoms with Crippen LogP contribution in [-0.4, -0.2) is 20.7 Å². The Balaban J connectivity index is 2.90. The molecule has 1 aromatic heterocycles. The van der Waals surface area contributed by atoms with Gasteiger partial charge in [0.15, 0.2) is 0 Å². The quantitative estimate of drug-likeness (QED) is 0.792. The molecule has 0 saturated heterocycles. The zero-order valence-electron chi connectivity index (χ0n) is 11.2. The Morgan fingerprint density at radius 2 is 2.00 bits per heavy atom. The fourth-order valence-corrected chi connectivity index (χ4v) is 2.67. The lowest BCUT2D eigenvalue weighted by molar-refractivity contribution is -0.138. The summed E-state index contributed by atoms with van der Waals surface area (Å²) in [7, 11) is 0. The zero-order chi connectivity index (χ0) is 14.3. The van der Waals surface area contributed by atoms with E-state index in [0.717, 1.165) is 11.2 Å². The van der Waals surface area contributed by atoms with Gasteiger partial charge in [-0.2, -0.15) is 0 Å². The Hall–Kier alpha value is -2.01. The molecule has 0 radical (unpaired) electrons. The highest BCUT2D eigenvalue weighted by Crippen LogP contribution is 2.37. The Kier molecular flexibility index (Phi) is 3.24. The average Bonchev–Trinajstić information content (AvgIpc) is 2.61. The van der Waals surface area contributed by atoms with Crippen molar-refractivity contribution in [2.24, 2.45) is 5.73 Å². The van der Waals surface area contributed by atoms with Crippen LogP contribution in [0.2, 0.25) is 0 Å². The molecule has 0 spiro atoms. The van der Waals surface area contributed by atoms with Crippen LogP contribution in [0.4, 0.5) is 0 Å². The molecule has 2 aromatic rings. The maximum atomic E-state index is 11.2. The van der Waals surface area contributed by atoms with Crippen molar-refractivity contribution in [1.29, 1.82) is 0 Å². The number of carboxylic acids is 1. The number of hydrogen-bond acceptors (Lipinski definition) is 3. The number of nitrogens with two attached hydrogens (primary N) is 1. The first-order chi connectivity index (χ1) is 8.86. The normalized spacial score (nSPS) is 13.1. The Morgan fingerprint density at radius 1 is 1.37 bits per heavy atom. The number of benzene rings is 1. The highest BCUT2D eigenvalue weighted by molar-refractivity contribution is 5.95. The molecular formula is C14H18N2O3. The molecule has 0 saturated carbocycles. The van der Waals surface area contributed by atoms with E-state index in [0.29, 0.717) is 10.9 Å². The Bertz CT molecular complexity index is 644. The number of aliphatic carboxylic acids is 1. The third-order valence-corrected chi connectivity index (χ3v) is 3.39. The van der Waals surface area contributed by atoms with E-state index in [1.807, 2.05) is 31.4 Å². The van der Waals surface area contributed by atoms with Gasteiger partial charge in [0.25, 0.3) is 0 Å². The number of phenols is 1. The predicted octanol–water partition coefficient (Wildman–Crippen LogP) is 2.32. The van der Waals surface area contributed by atoms with Gasteiger partial charge in [-0.1, -0.05) is 6.07 Å². The molecule has 19 heavy (non-hydrogen) atoms. The first-order valence-corrected chi connectivity index (χ1v) is 6.17. The monoisotopic (exact) mass is 262 g/mol. The maximum Gasteiger partial charge on any atom is 0.325 e. The molecule has 0 aliphatic rings. The van der Waals surface area contributed by atoms with Gasteiger partial charge in [0, 0.05) is 22.7 Å². The number of rotatable bonds is 3. The third-order valence-electron chi connectivity index (χ3n) is 3.39. The van der Waals surface area contributed by atoms with Crippen LogP contribution in [0.15, 0.2) is 18.2 Å². The van der Waals surface area contributed by atoms with Gasteiger partial charge in [0.2, 0.25) is 0 Å². The number of hydrogen-bond donors (Lipinski definition) is 3. The highest BCUT2D eigenvalue weighted by Gasteiger charge is 2.26. The molecule has 4 N–H and O–H groups in total. The minimum Gasteiger partial charge on any atom is -0.507 e. The van der Waals surface area contributed by atoms with Crippen LogP contribution in [0, 0.1) is 6.92 Å². The summed E-state index contributed by atoms with van der Waals surface area (Å²) in [6.07, 6.45) is 0. The van der Waals surface area contributed by atoms with Crippen LogP contribution in [-0.2, 0) is 4.79 Å². The van der Waals surface area contributed by atoms with E-state index < -0.39 is 12.0 Å². The highest BCUT2D eigenvalue weighted by atomic mass is 16.4. The predicted molar refractivity (Wildman–Crippen MR) is 73.3 cm³/mol. The van der Waals surface area contributed by atoms with Crippen molar-refractivity contribution in [2.75, 3.05) is 0 Å². The molecular weight excluding hydrogens is 244 g/mol. The lowest BCUT2D eigenvalue weighted by atomic mass is 10.0.